The molecule has 7 heteroatoms. The summed E-state index contributed by atoms with van der Waals surface area (Å²) in [4.78, 5) is 4.68. The predicted molar refractivity (Wildman–Crippen MR) is 194 cm³/mol. The molecule has 7 rings (SSSR count). The smallest absolute Gasteiger partial charge is 0.509 e. The van der Waals surface area contributed by atoms with Gasteiger partial charge in [0.2, 0.25) is 0 Å². The standard InChI is InChI=1S/C42H40N4O2.Pd/c1-7-9-16-38-42(41-28(4)13-12-14-29(41)5)36(8-2)44-46(38)30-22-27(3)23-33(24-30)48-32-18-19-35-34-15-10-11-17-37(34)45(39(35)25-32)40-26-31(47-6)20-21-43-40;/h10-15,17-23,26H,7-9,16H2,1-6H3;/q-2;+2. The van der Waals surface area contributed by atoms with Crippen LogP contribution in [0.3, 0.4) is 0 Å². The molecule has 0 saturated heterocycles. The molecule has 3 heterocycles. The Balaban J connectivity index is 0.00000417. The van der Waals surface area contributed by atoms with Crippen molar-refractivity contribution in [1.82, 2.24) is 19.3 Å². The maximum Gasteiger partial charge on any atom is 2.00 e. The first-order chi connectivity index (χ1) is 23.4. The molecule has 4 aromatic carbocycles. The Bertz CT molecular complexity index is 2260. The normalized spacial score (nSPS) is 11.2. The number of hydrogen-bond acceptors (Lipinski definition) is 4. The van der Waals surface area contributed by atoms with Crippen LogP contribution in [-0.4, -0.2) is 26.4 Å². The van der Waals surface area contributed by atoms with E-state index in [1.54, 1.807) is 13.3 Å². The zero-order valence-corrected chi connectivity index (χ0v) is 30.4. The molecule has 49 heavy (non-hydrogen) atoms. The minimum absolute atomic E-state index is 0. The van der Waals surface area contributed by atoms with Gasteiger partial charge in [-0.15, -0.1) is 35.7 Å². The first-order valence-corrected chi connectivity index (χ1v) is 16.8. The van der Waals surface area contributed by atoms with E-state index >= 15 is 0 Å². The van der Waals surface area contributed by atoms with E-state index in [1.807, 2.05) is 30.3 Å². The predicted octanol–water partition coefficient (Wildman–Crippen LogP) is 10.3. The number of hydrogen-bond donors (Lipinski definition) is 0. The average molecular weight is 739 g/mol. The Kier molecular flexibility index (Phi) is 10.1. The minimum atomic E-state index is 0. The van der Waals surface area contributed by atoms with Gasteiger partial charge in [0.05, 0.1) is 12.8 Å². The van der Waals surface area contributed by atoms with Crippen molar-refractivity contribution in [3.8, 4) is 39.9 Å². The Hall–Kier alpha value is -4.70. The summed E-state index contributed by atoms with van der Waals surface area (Å²) >= 11 is 0. The summed E-state index contributed by atoms with van der Waals surface area (Å²) in [7, 11) is 1.67. The first-order valence-electron chi connectivity index (χ1n) is 16.8. The van der Waals surface area contributed by atoms with E-state index < -0.39 is 0 Å². The number of aromatic nitrogens is 4. The van der Waals surface area contributed by atoms with Crippen LogP contribution in [0.2, 0.25) is 0 Å². The quantitative estimate of drug-likeness (QED) is 0.104. The van der Waals surface area contributed by atoms with E-state index in [9.17, 15) is 0 Å². The zero-order chi connectivity index (χ0) is 33.4. The van der Waals surface area contributed by atoms with E-state index in [4.69, 9.17) is 14.6 Å². The second-order valence-electron chi connectivity index (χ2n) is 12.4. The van der Waals surface area contributed by atoms with Gasteiger partial charge in [-0.2, -0.15) is 16.7 Å². The van der Waals surface area contributed by atoms with Gasteiger partial charge in [-0.3, -0.25) is 4.68 Å². The third kappa shape index (κ3) is 6.42. The van der Waals surface area contributed by atoms with Crippen LogP contribution in [0.15, 0.2) is 85.1 Å². The topological polar surface area (TPSA) is 54.1 Å². The summed E-state index contributed by atoms with van der Waals surface area (Å²) in [6.45, 7) is 10.9. The van der Waals surface area contributed by atoms with E-state index in [0.29, 0.717) is 11.5 Å². The van der Waals surface area contributed by atoms with Gasteiger partial charge in [-0.25, -0.2) is 4.98 Å². The van der Waals surface area contributed by atoms with Crippen molar-refractivity contribution < 1.29 is 29.9 Å². The number of unbranched alkanes of at least 4 members (excludes halogenated alkanes) is 1. The monoisotopic (exact) mass is 738 g/mol. The number of nitrogens with zero attached hydrogens (tertiary/aromatic N) is 4. The van der Waals surface area contributed by atoms with Crippen molar-refractivity contribution in [2.45, 2.75) is 60.3 Å². The van der Waals surface area contributed by atoms with Crippen LogP contribution in [0.5, 0.6) is 17.2 Å². The molecule has 0 bridgehead atoms. The maximum atomic E-state index is 6.56. The van der Waals surface area contributed by atoms with Gasteiger partial charge in [0.1, 0.15) is 11.6 Å². The van der Waals surface area contributed by atoms with Gasteiger partial charge >= 0.3 is 20.4 Å². The fourth-order valence-electron chi connectivity index (χ4n) is 6.79. The molecule has 0 radical (unpaired) electrons. The number of ether oxygens (including phenoxy) is 2. The Morgan fingerprint density at radius 3 is 2.35 bits per heavy atom. The molecular formula is C42H40N4O2Pd. The van der Waals surface area contributed by atoms with Gasteiger partial charge in [-0.05, 0) is 73.0 Å². The molecule has 6 nitrogen and oxygen atoms in total. The zero-order valence-electron chi connectivity index (χ0n) is 28.8. The number of aryl methyl sites for hydroxylation is 4. The van der Waals surface area contributed by atoms with Crippen molar-refractivity contribution >= 4 is 21.8 Å². The molecule has 0 unspecified atom stereocenters. The molecule has 3 aromatic heterocycles. The van der Waals surface area contributed by atoms with Gasteiger partial charge in [0.25, 0.3) is 0 Å². The molecule has 250 valence electrons. The molecule has 0 fully saturated rings. The number of methoxy groups -OCH3 is 1. The summed E-state index contributed by atoms with van der Waals surface area (Å²) in [6.07, 6.45) is 5.71. The van der Waals surface area contributed by atoms with Crippen LogP contribution in [0, 0.1) is 32.9 Å². The number of benzene rings is 4. The number of pyridine rings is 1. The van der Waals surface area contributed by atoms with E-state index in [2.05, 4.69) is 110 Å². The largest absolute Gasteiger partial charge is 2.00 e. The molecule has 0 spiro atoms. The van der Waals surface area contributed by atoms with Crippen molar-refractivity contribution in [2.24, 2.45) is 0 Å². The van der Waals surface area contributed by atoms with Crippen LogP contribution in [0.25, 0.3) is 44.4 Å². The van der Waals surface area contributed by atoms with E-state index in [1.165, 1.54) is 27.9 Å². The molecule has 0 aliphatic heterocycles. The Morgan fingerprint density at radius 2 is 1.59 bits per heavy atom. The summed E-state index contributed by atoms with van der Waals surface area (Å²) < 4.78 is 16.3. The molecule has 0 aliphatic carbocycles. The van der Waals surface area contributed by atoms with Crippen molar-refractivity contribution in [2.75, 3.05) is 7.11 Å². The minimum Gasteiger partial charge on any atom is -0.509 e. The van der Waals surface area contributed by atoms with Crippen LogP contribution in [0.4, 0.5) is 0 Å². The fraction of sp³-hybridized carbons (Fsp3) is 0.238. The van der Waals surface area contributed by atoms with Crippen LogP contribution in [0.1, 0.15) is 54.8 Å². The second-order valence-corrected chi connectivity index (χ2v) is 12.4. The molecular weight excluding hydrogens is 699 g/mol. The van der Waals surface area contributed by atoms with Crippen molar-refractivity contribution in [3.05, 3.63) is 125 Å². The van der Waals surface area contributed by atoms with E-state index in [-0.39, 0.29) is 20.4 Å². The van der Waals surface area contributed by atoms with Gasteiger partial charge < -0.3 is 14.0 Å². The van der Waals surface area contributed by atoms with Crippen molar-refractivity contribution in [3.63, 3.8) is 0 Å². The number of rotatable bonds is 10. The number of fused-ring (bicyclic) bond motifs is 3. The summed E-state index contributed by atoms with van der Waals surface area (Å²) in [5, 5.41) is 7.41. The molecule has 0 amide bonds. The molecule has 0 N–H and O–H groups in total. The third-order valence-electron chi connectivity index (χ3n) is 9.05. The third-order valence-corrected chi connectivity index (χ3v) is 9.05. The summed E-state index contributed by atoms with van der Waals surface area (Å²) in [5.41, 5.74) is 11.3. The fourth-order valence-corrected chi connectivity index (χ4v) is 6.79. The Labute approximate surface area is 302 Å². The average Bonchev–Trinajstić information content (AvgIpc) is 3.62. The summed E-state index contributed by atoms with van der Waals surface area (Å²) in [6, 6.07) is 34.0. The van der Waals surface area contributed by atoms with E-state index in [0.717, 1.165) is 76.0 Å². The number of para-hydroxylation sites is 1. The van der Waals surface area contributed by atoms with Gasteiger partial charge in [-0.1, -0.05) is 69.1 Å². The first kappa shape index (κ1) is 34.2. The van der Waals surface area contributed by atoms with Gasteiger partial charge in [0.15, 0.2) is 0 Å². The molecule has 0 atom stereocenters. The molecule has 0 aliphatic rings. The maximum absolute atomic E-state index is 6.56. The second kappa shape index (κ2) is 14.4. The van der Waals surface area contributed by atoms with Crippen LogP contribution in [-0.2, 0) is 33.3 Å². The van der Waals surface area contributed by atoms with Crippen LogP contribution >= 0.6 is 0 Å². The Morgan fingerprint density at radius 1 is 0.796 bits per heavy atom. The summed E-state index contributed by atoms with van der Waals surface area (Å²) in [5.74, 6) is 2.71. The molecule has 0 saturated carbocycles. The van der Waals surface area contributed by atoms with Crippen molar-refractivity contribution in [1.29, 1.82) is 0 Å². The van der Waals surface area contributed by atoms with Crippen LogP contribution < -0.4 is 9.47 Å². The SMILES string of the molecule is CCCCc1c(-c2c(C)cccc2C)c(CC)nn1-c1[c-]c(Oc2[c-]c3c(cc2)c2ccccc2n3-c2cc(OC)ccn2)cc(C)c1.[Pd+2]. The molecule has 7 aromatic rings. The van der Waals surface area contributed by atoms with Gasteiger partial charge in [0, 0.05) is 40.5 Å².